The zero-order chi connectivity index (χ0) is 19.6. The number of amides is 2. The Kier molecular flexibility index (Phi) is 8.34. The third-order valence-electron chi connectivity index (χ3n) is 4.42. The fraction of sp³-hybridized carbons (Fsp3) is 0.364. The first-order chi connectivity index (χ1) is 13.1. The maximum atomic E-state index is 12.9. The van der Waals surface area contributed by atoms with Crippen molar-refractivity contribution < 1.29 is 9.59 Å². The summed E-state index contributed by atoms with van der Waals surface area (Å²) in [6.07, 6.45) is 1.64. The molecule has 0 aliphatic rings. The monoisotopic (exact) mass is 386 g/mol. The van der Waals surface area contributed by atoms with Crippen LogP contribution < -0.4 is 5.32 Å². The number of hydrogen-bond acceptors (Lipinski definition) is 2. The normalized spacial score (nSPS) is 11.7. The second-order valence-corrected chi connectivity index (χ2v) is 6.87. The summed E-state index contributed by atoms with van der Waals surface area (Å²) in [5.41, 5.74) is 1.85. The lowest BCUT2D eigenvalue weighted by Crippen LogP contribution is -2.50. The summed E-state index contributed by atoms with van der Waals surface area (Å²) in [7, 11) is 0. The molecule has 2 amide bonds. The average Bonchev–Trinajstić information content (AvgIpc) is 2.70. The van der Waals surface area contributed by atoms with Crippen molar-refractivity contribution in [1.82, 2.24) is 10.2 Å². The molecule has 0 aromatic heterocycles. The van der Waals surface area contributed by atoms with Gasteiger partial charge in [0.05, 0.1) is 0 Å². The Morgan fingerprint density at radius 1 is 1.04 bits per heavy atom. The highest BCUT2D eigenvalue weighted by Crippen LogP contribution is 2.20. The maximum Gasteiger partial charge on any atom is 0.243 e. The molecule has 27 heavy (non-hydrogen) atoms. The standard InChI is InChI=1S/C22H27ClN2O2/c1-3-14-24-22(27)20(15-17-10-6-5-7-11-17)25(21(26)4-2)16-18-12-8-9-13-19(18)23/h5-13,20H,3-4,14-16H2,1-2H3,(H,24,27)/t20-/m0/s1. The van der Waals surface area contributed by atoms with Gasteiger partial charge in [-0.25, -0.2) is 0 Å². The van der Waals surface area contributed by atoms with Gasteiger partial charge in [-0.2, -0.15) is 0 Å². The van der Waals surface area contributed by atoms with Crippen molar-refractivity contribution in [3.8, 4) is 0 Å². The van der Waals surface area contributed by atoms with E-state index >= 15 is 0 Å². The van der Waals surface area contributed by atoms with Gasteiger partial charge in [-0.3, -0.25) is 9.59 Å². The Balaban J connectivity index is 2.34. The van der Waals surface area contributed by atoms with E-state index in [1.807, 2.05) is 62.4 Å². The molecule has 1 N–H and O–H groups in total. The minimum absolute atomic E-state index is 0.0671. The van der Waals surface area contributed by atoms with Gasteiger partial charge in [0.1, 0.15) is 6.04 Å². The van der Waals surface area contributed by atoms with Crippen molar-refractivity contribution in [1.29, 1.82) is 0 Å². The van der Waals surface area contributed by atoms with Gasteiger partial charge in [0.25, 0.3) is 0 Å². The molecule has 2 rings (SSSR count). The Labute approximate surface area is 166 Å². The molecule has 0 heterocycles. The molecule has 1 atom stereocenters. The number of nitrogens with one attached hydrogen (secondary N) is 1. The largest absolute Gasteiger partial charge is 0.354 e. The van der Waals surface area contributed by atoms with Crippen LogP contribution in [-0.2, 0) is 22.6 Å². The molecular formula is C22H27ClN2O2. The smallest absolute Gasteiger partial charge is 0.243 e. The second kappa shape index (κ2) is 10.7. The van der Waals surface area contributed by atoms with Gasteiger partial charge >= 0.3 is 0 Å². The van der Waals surface area contributed by atoms with Gasteiger partial charge < -0.3 is 10.2 Å². The van der Waals surface area contributed by atoms with E-state index in [1.54, 1.807) is 11.0 Å². The first-order valence-corrected chi connectivity index (χ1v) is 9.79. The van der Waals surface area contributed by atoms with E-state index in [1.165, 1.54) is 0 Å². The van der Waals surface area contributed by atoms with E-state index in [4.69, 9.17) is 11.6 Å². The predicted octanol–water partition coefficient (Wildman–Crippen LogP) is 4.22. The molecule has 0 spiro atoms. The molecular weight excluding hydrogens is 360 g/mol. The molecule has 0 fully saturated rings. The molecule has 2 aromatic rings. The van der Waals surface area contributed by atoms with Gasteiger partial charge in [-0.1, -0.05) is 74.0 Å². The van der Waals surface area contributed by atoms with Gasteiger partial charge in [-0.15, -0.1) is 0 Å². The molecule has 144 valence electrons. The summed E-state index contributed by atoms with van der Waals surface area (Å²) in [6, 6.07) is 16.6. The van der Waals surface area contributed by atoms with Crippen molar-refractivity contribution in [2.75, 3.05) is 6.54 Å². The predicted molar refractivity (Wildman–Crippen MR) is 110 cm³/mol. The van der Waals surface area contributed by atoms with Gasteiger partial charge in [0.15, 0.2) is 0 Å². The van der Waals surface area contributed by atoms with Crippen molar-refractivity contribution in [2.24, 2.45) is 0 Å². The summed E-state index contributed by atoms with van der Waals surface area (Å²) >= 11 is 6.31. The lowest BCUT2D eigenvalue weighted by Gasteiger charge is -2.31. The van der Waals surface area contributed by atoms with Crippen LogP contribution in [0.4, 0.5) is 0 Å². The summed E-state index contributed by atoms with van der Waals surface area (Å²) in [4.78, 5) is 27.3. The number of carbonyl (C=O) groups excluding carboxylic acids is 2. The Morgan fingerprint density at radius 3 is 2.33 bits per heavy atom. The van der Waals surface area contributed by atoms with E-state index < -0.39 is 6.04 Å². The minimum atomic E-state index is -0.581. The number of hydrogen-bond donors (Lipinski definition) is 1. The van der Waals surface area contributed by atoms with Crippen LogP contribution in [0.2, 0.25) is 5.02 Å². The van der Waals surface area contributed by atoms with Crippen LogP contribution in [0.5, 0.6) is 0 Å². The van der Waals surface area contributed by atoms with Crippen LogP contribution in [0.3, 0.4) is 0 Å². The number of benzene rings is 2. The molecule has 0 bridgehead atoms. The van der Waals surface area contributed by atoms with Crippen molar-refractivity contribution in [2.45, 2.75) is 45.7 Å². The third kappa shape index (κ3) is 6.10. The zero-order valence-electron chi connectivity index (χ0n) is 16.0. The van der Waals surface area contributed by atoms with E-state index in [-0.39, 0.29) is 11.8 Å². The molecule has 5 heteroatoms. The lowest BCUT2D eigenvalue weighted by atomic mass is 10.0. The van der Waals surface area contributed by atoms with Crippen LogP contribution in [0.15, 0.2) is 54.6 Å². The number of carbonyl (C=O) groups is 2. The quantitative estimate of drug-likeness (QED) is 0.701. The van der Waals surface area contributed by atoms with Crippen LogP contribution in [-0.4, -0.2) is 29.3 Å². The fourth-order valence-electron chi connectivity index (χ4n) is 2.93. The van der Waals surface area contributed by atoms with E-state index in [0.29, 0.717) is 31.0 Å². The molecule has 0 radical (unpaired) electrons. The van der Waals surface area contributed by atoms with Crippen molar-refractivity contribution >= 4 is 23.4 Å². The molecule has 0 aliphatic carbocycles. The van der Waals surface area contributed by atoms with E-state index in [9.17, 15) is 9.59 Å². The molecule has 0 saturated carbocycles. The van der Waals surface area contributed by atoms with Crippen molar-refractivity contribution in [3.05, 3.63) is 70.7 Å². The summed E-state index contributed by atoms with van der Waals surface area (Å²) in [5, 5.41) is 3.54. The van der Waals surface area contributed by atoms with E-state index in [0.717, 1.165) is 17.5 Å². The Bertz CT molecular complexity index is 749. The zero-order valence-corrected chi connectivity index (χ0v) is 16.7. The summed E-state index contributed by atoms with van der Waals surface area (Å²) in [5.74, 6) is -0.197. The fourth-order valence-corrected chi connectivity index (χ4v) is 3.13. The van der Waals surface area contributed by atoms with Gasteiger partial charge in [-0.05, 0) is 23.6 Å². The lowest BCUT2D eigenvalue weighted by molar-refractivity contribution is -0.141. The minimum Gasteiger partial charge on any atom is -0.354 e. The maximum absolute atomic E-state index is 12.9. The first-order valence-electron chi connectivity index (χ1n) is 9.41. The molecule has 0 saturated heterocycles. The van der Waals surface area contributed by atoms with Crippen LogP contribution >= 0.6 is 11.6 Å². The number of nitrogens with zero attached hydrogens (tertiary/aromatic N) is 1. The summed E-state index contributed by atoms with van der Waals surface area (Å²) in [6.45, 7) is 4.71. The van der Waals surface area contributed by atoms with Crippen molar-refractivity contribution in [3.63, 3.8) is 0 Å². The first kappa shape index (κ1) is 21.0. The van der Waals surface area contributed by atoms with Crippen LogP contribution in [0, 0.1) is 0 Å². The average molecular weight is 387 g/mol. The van der Waals surface area contributed by atoms with E-state index in [2.05, 4.69) is 5.32 Å². The second-order valence-electron chi connectivity index (χ2n) is 6.46. The SMILES string of the molecule is CCCNC(=O)[C@H](Cc1ccccc1)N(Cc1ccccc1Cl)C(=O)CC. The highest BCUT2D eigenvalue weighted by Gasteiger charge is 2.29. The highest BCUT2D eigenvalue weighted by atomic mass is 35.5. The van der Waals surface area contributed by atoms with Crippen LogP contribution in [0.25, 0.3) is 0 Å². The number of halogens is 1. The topological polar surface area (TPSA) is 49.4 Å². The molecule has 0 unspecified atom stereocenters. The Hall–Kier alpha value is -2.33. The molecule has 2 aromatic carbocycles. The molecule has 4 nitrogen and oxygen atoms in total. The van der Waals surface area contributed by atoms with Gasteiger partial charge in [0, 0.05) is 31.0 Å². The molecule has 0 aliphatic heterocycles. The number of rotatable bonds is 9. The highest BCUT2D eigenvalue weighted by molar-refractivity contribution is 6.31. The van der Waals surface area contributed by atoms with Gasteiger partial charge in [0.2, 0.25) is 11.8 Å². The van der Waals surface area contributed by atoms with Crippen LogP contribution in [0.1, 0.15) is 37.8 Å². The third-order valence-corrected chi connectivity index (χ3v) is 4.79. The summed E-state index contributed by atoms with van der Waals surface area (Å²) < 4.78 is 0. The Morgan fingerprint density at radius 2 is 1.70 bits per heavy atom.